The first-order chi connectivity index (χ1) is 6.43. The third-order valence-electron chi connectivity index (χ3n) is 1.99. The Morgan fingerprint density at radius 2 is 1.64 bits per heavy atom. The Balaban J connectivity index is 3.02. The summed E-state index contributed by atoms with van der Waals surface area (Å²) >= 11 is 0. The van der Waals surface area contributed by atoms with Crippen LogP contribution >= 0.6 is 0 Å². The van der Waals surface area contributed by atoms with E-state index < -0.39 is 18.2 Å². The van der Waals surface area contributed by atoms with Gasteiger partial charge >= 0.3 is 6.18 Å². The summed E-state index contributed by atoms with van der Waals surface area (Å²) in [5, 5.41) is 9.08. The second kappa shape index (κ2) is 4.00. The second-order valence-electron chi connectivity index (χ2n) is 3.17. The van der Waals surface area contributed by atoms with Gasteiger partial charge in [-0.3, -0.25) is 0 Å². The fraction of sp³-hybridized carbons (Fsp3) is 0.400. The second-order valence-corrected chi connectivity index (χ2v) is 3.17. The van der Waals surface area contributed by atoms with Gasteiger partial charge in [-0.25, -0.2) is 0 Å². The van der Waals surface area contributed by atoms with E-state index in [4.69, 9.17) is 5.11 Å². The number of hydrogen-bond donors (Lipinski definition) is 1. The zero-order chi connectivity index (χ0) is 10.8. The SMILES string of the molecule is CC(O)C(c1ccccc1)C(F)(F)F. The average molecular weight is 204 g/mol. The van der Waals surface area contributed by atoms with Gasteiger partial charge < -0.3 is 5.11 Å². The van der Waals surface area contributed by atoms with Gasteiger partial charge in [-0.1, -0.05) is 30.3 Å². The molecule has 0 aliphatic rings. The van der Waals surface area contributed by atoms with E-state index in [0.29, 0.717) is 0 Å². The van der Waals surface area contributed by atoms with Gasteiger partial charge in [0.2, 0.25) is 0 Å². The summed E-state index contributed by atoms with van der Waals surface area (Å²) in [5.41, 5.74) is 0.0926. The minimum absolute atomic E-state index is 0.0926. The lowest BCUT2D eigenvalue weighted by molar-refractivity contribution is -0.169. The lowest BCUT2D eigenvalue weighted by Gasteiger charge is -2.23. The van der Waals surface area contributed by atoms with E-state index in [1.807, 2.05) is 0 Å². The molecule has 1 aromatic rings. The molecule has 78 valence electrons. The fourth-order valence-corrected chi connectivity index (χ4v) is 1.40. The molecule has 0 fully saturated rings. The number of rotatable bonds is 2. The van der Waals surface area contributed by atoms with Gasteiger partial charge in [0.05, 0.1) is 6.10 Å². The first-order valence-electron chi connectivity index (χ1n) is 4.22. The molecule has 2 unspecified atom stereocenters. The third-order valence-corrected chi connectivity index (χ3v) is 1.99. The van der Waals surface area contributed by atoms with Crippen LogP contribution in [0, 0.1) is 0 Å². The van der Waals surface area contributed by atoms with Crippen LogP contribution in [0.1, 0.15) is 18.4 Å². The quantitative estimate of drug-likeness (QED) is 0.785. The van der Waals surface area contributed by atoms with Crippen LogP contribution in [-0.2, 0) is 0 Å². The van der Waals surface area contributed by atoms with E-state index >= 15 is 0 Å². The number of aliphatic hydroxyl groups is 1. The van der Waals surface area contributed by atoms with Crippen molar-refractivity contribution >= 4 is 0 Å². The molecule has 1 N–H and O–H groups in total. The molecule has 0 aromatic heterocycles. The zero-order valence-corrected chi connectivity index (χ0v) is 7.62. The van der Waals surface area contributed by atoms with Gasteiger partial charge in [0, 0.05) is 0 Å². The number of halogens is 3. The van der Waals surface area contributed by atoms with Gasteiger partial charge in [-0.15, -0.1) is 0 Å². The summed E-state index contributed by atoms with van der Waals surface area (Å²) in [6.07, 6.45) is -5.84. The molecule has 0 amide bonds. The standard InChI is InChI=1S/C10H11F3O/c1-7(14)9(10(11,12)13)8-5-3-2-4-6-8/h2-7,9,14H,1H3. The number of benzene rings is 1. The molecule has 1 nitrogen and oxygen atoms in total. The lowest BCUT2D eigenvalue weighted by atomic mass is 9.94. The van der Waals surface area contributed by atoms with Crippen molar-refractivity contribution in [1.29, 1.82) is 0 Å². The maximum absolute atomic E-state index is 12.5. The highest BCUT2D eigenvalue weighted by atomic mass is 19.4. The van der Waals surface area contributed by atoms with Crippen LogP contribution in [0.2, 0.25) is 0 Å². The van der Waals surface area contributed by atoms with Crippen molar-refractivity contribution in [3.8, 4) is 0 Å². The molecule has 0 aliphatic carbocycles. The molecule has 0 aliphatic heterocycles. The molecule has 4 heteroatoms. The Labute approximate surface area is 80.2 Å². The molecule has 2 atom stereocenters. The van der Waals surface area contributed by atoms with E-state index in [1.54, 1.807) is 6.07 Å². The largest absolute Gasteiger partial charge is 0.398 e. The summed E-state index contributed by atoms with van der Waals surface area (Å²) in [4.78, 5) is 0. The smallest absolute Gasteiger partial charge is 0.392 e. The van der Waals surface area contributed by atoms with Crippen LogP contribution < -0.4 is 0 Å². The molecule has 0 heterocycles. The lowest BCUT2D eigenvalue weighted by Crippen LogP contribution is -2.29. The minimum atomic E-state index is -4.41. The molecule has 0 spiro atoms. The maximum Gasteiger partial charge on any atom is 0.398 e. The maximum atomic E-state index is 12.5. The predicted octanol–water partition coefficient (Wildman–Crippen LogP) is 2.71. The van der Waals surface area contributed by atoms with Crippen LogP contribution in [-0.4, -0.2) is 17.4 Å². The summed E-state index contributed by atoms with van der Waals surface area (Å²) in [6, 6.07) is 7.42. The van der Waals surface area contributed by atoms with Crippen LogP contribution in [0.15, 0.2) is 30.3 Å². The Bertz CT molecular complexity index is 279. The normalized spacial score (nSPS) is 16.4. The molecule has 0 bridgehead atoms. The Kier molecular flexibility index (Phi) is 3.16. The number of hydrogen-bond acceptors (Lipinski definition) is 1. The summed E-state index contributed by atoms with van der Waals surface area (Å²) < 4.78 is 37.5. The minimum Gasteiger partial charge on any atom is -0.392 e. The van der Waals surface area contributed by atoms with Crippen LogP contribution in [0.25, 0.3) is 0 Å². The van der Waals surface area contributed by atoms with Gasteiger partial charge in [0.15, 0.2) is 0 Å². The Morgan fingerprint density at radius 3 is 2.00 bits per heavy atom. The predicted molar refractivity (Wildman–Crippen MR) is 46.9 cm³/mol. The van der Waals surface area contributed by atoms with Crippen molar-refractivity contribution in [2.75, 3.05) is 0 Å². The van der Waals surface area contributed by atoms with Gasteiger partial charge in [0.1, 0.15) is 5.92 Å². The highest BCUT2D eigenvalue weighted by molar-refractivity contribution is 5.22. The van der Waals surface area contributed by atoms with Crippen LogP contribution in [0.3, 0.4) is 0 Å². The topological polar surface area (TPSA) is 20.2 Å². The first kappa shape index (κ1) is 11.0. The zero-order valence-electron chi connectivity index (χ0n) is 7.62. The molecule has 14 heavy (non-hydrogen) atoms. The monoisotopic (exact) mass is 204 g/mol. The molecule has 1 aromatic carbocycles. The van der Waals surface area contributed by atoms with Crippen molar-refractivity contribution in [3.63, 3.8) is 0 Å². The third kappa shape index (κ3) is 2.48. The molecule has 0 saturated heterocycles. The summed E-state index contributed by atoms with van der Waals surface area (Å²) in [5.74, 6) is -1.80. The van der Waals surface area contributed by atoms with Crippen molar-refractivity contribution in [1.82, 2.24) is 0 Å². The average Bonchev–Trinajstić information content (AvgIpc) is 2.02. The highest BCUT2D eigenvalue weighted by Crippen LogP contribution is 2.37. The molecular formula is C10H11F3O. The van der Waals surface area contributed by atoms with Gasteiger partial charge in [0.25, 0.3) is 0 Å². The van der Waals surface area contributed by atoms with Crippen molar-refractivity contribution < 1.29 is 18.3 Å². The summed E-state index contributed by atoms with van der Waals surface area (Å²) in [7, 11) is 0. The van der Waals surface area contributed by atoms with Gasteiger partial charge in [-0.05, 0) is 12.5 Å². The summed E-state index contributed by atoms with van der Waals surface area (Å²) in [6.45, 7) is 1.14. The van der Waals surface area contributed by atoms with E-state index in [1.165, 1.54) is 24.3 Å². The molecule has 1 rings (SSSR count). The van der Waals surface area contributed by atoms with E-state index in [0.717, 1.165) is 6.92 Å². The molecule has 0 radical (unpaired) electrons. The fourth-order valence-electron chi connectivity index (χ4n) is 1.40. The van der Waals surface area contributed by atoms with Gasteiger partial charge in [-0.2, -0.15) is 13.2 Å². The number of alkyl halides is 3. The van der Waals surface area contributed by atoms with E-state index in [9.17, 15) is 13.2 Å². The van der Waals surface area contributed by atoms with E-state index in [-0.39, 0.29) is 5.56 Å². The van der Waals surface area contributed by atoms with Crippen LogP contribution in [0.4, 0.5) is 13.2 Å². The molecule has 0 saturated carbocycles. The van der Waals surface area contributed by atoms with E-state index in [2.05, 4.69) is 0 Å². The Hall–Kier alpha value is -1.03. The van der Waals surface area contributed by atoms with Crippen molar-refractivity contribution in [2.45, 2.75) is 25.1 Å². The highest BCUT2D eigenvalue weighted by Gasteiger charge is 2.43. The van der Waals surface area contributed by atoms with Crippen molar-refractivity contribution in [3.05, 3.63) is 35.9 Å². The van der Waals surface area contributed by atoms with Crippen molar-refractivity contribution in [2.24, 2.45) is 0 Å². The number of aliphatic hydroxyl groups excluding tert-OH is 1. The molecular weight excluding hydrogens is 193 g/mol. The van der Waals surface area contributed by atoms with Crippen LogP contribution in [0.5, 0.6) is 0 Å². The Morgan fingerprint density at radius 1 is 1.14 bits per heavy atom. The first-order valence-corrected chi connectivity index (χ1v) is 4.22.